The maximum absolute atomic E-state index is 5.83. The van der Waals surface area contributed by atoms with E-state index in [1.807, 2.05) is 30.3 Å². The van der Waals surface area contributed by atoms with Crippen LogP contribution in [0.25, 0.3) is 0 Å². The van der Waals surface area contributed by atoms with E-state index in [2.05, 4.69) is 35.3 Å². The molecule has 0 atom stereocenters. The van der Waals surface area contributed by atoms with Gasteiger partial charge in [-0.25, -0.2) is 0 Å². The Morgan fingerprint density at radius 1 is 1.05 bits per heavy atom. The van der Waals surface area contributed by atoms with E-state index in [4.69, 9.17) is 4.74 Å². The molecule has 0 aliphatic carbocycles. The van der Waals surface area contributed by atoms with Crippen LogP contribution in [0.15, 0.2) is 48.5 Å². The number of aryl methyl sites for hydroxylation is 1. The molecule has 2 aromatic carbocycles. The van der Waals surface area contributed by atoms with E-state index >= 15 is 0 Å². The van der Waals surface area contributed by atoms with Crippen LogP contribution in [-0.4, -0.2) is 26.2 Å². The van der Waals surface area contributed by atoms with E-state index < -0.39 is 0 Å². The minimum absolute atomic E-state index is 0. The normalized spacial score (nSPS) is 14.3. The number of nitrogens with zero attached hydrogens (tertiary/aromatic N) is 1. The SMILES string of the molecule is Cc1cc(N2CCNCC2)ccc1COc1ccccc1.Cl. The van der Waals surface area contributed by atoms with Gasteiger partial charge in [-0.3, -0.25) is 0 Å². The summed E-state index contributed by atoms with van der Waals surface area (Å²) in [6.07, 6.45) is 0. The summed E-state index contributed by atoms with van der Waals surface area (Å²) in [7, 11) is 0. The summed E-state index contributed by atoms with van der Waals surface area (Å²) >= 11 is 0. The van der Waals surface area contributed by atoms with Crippen LogP contribution in [0.1, 0.15) is 11.1 Å². The number of hydrogen-bond donors (Lipinski definition) is 1. The second kappa shape index (κ2) is 8.06. The predicted octanol–water partition coefficient (Wildman–Crippen LogP) is 3.41. The predicted molar refractivity (Wildman–Crippen MR) is 94.3 cm³/mol. The maximum atomic E-state index is 5.83. The molecule has 1 saturated heterocycles. The van der Waals surface area contributed by atoms with Gasteiger partial charge in [0.1, 0.15) is 12.4 Å². The Hall–Kier alpha value is -1.71. The van der Waals surface area contributed by atoms with Crippen molar-refractivity contribution in [2.24, 2.45) is 0 Å². The third-order valence-electron chi connectivity index (χ3n) is 3.95. The second-order valence-corrected chi connectivity index (χ2v) is 5.45. The molecular formula is C18H23ClN2O. The summed E-state index contributed by atoms with van der Waals surface area (Å²) in [5.41, 5.74) is 3.86. The first-order chi connectivity index (χ1) is 10.3. The van der Waals surface area contributed by atoms with E-state index in [9.17, 15) is 0 Å². The number of piperazine rings is 1. The zero-order valence-corrected chi connectivity index (χ0v) is 13.7. The summed E-state index contributed by atoms with van der Waals surface area (Å²) in [6.45, 7) is 7.08. The standard InChI is InChI=1S/C18H22N2O.ClH/c1-15-13-17(20-11-9-19-10-12-20)8-7-16(15)14-21-18-5-3-2-4-6-18;/h2-8,13,19H,9-12,14H2,1H3;1H. The van der Waals surface area contributed by atoms with Crippen molar-refractivity contribution in [2.75, 3.05) is 31.1 Å². The van der Waals surface area contributed by atoms with Crippen LogP contribution in [0.2, 0.25) is 0 Å². The van der Waals surface area contributed by atoms with E-state index in [-0.39, 0.29) is 12.4 Å². The van der Waals surface area contributed by atoms with Crippen LogP contribution in [0.5, 0.6) is 5.75 Å². The highest BCUT2D eigenvalue weighted by atomic mass is 35.5. The minimum Gasteiger partial charge on any atom is -0.489 e. The van der Waals surface area contributed by atoms with Crippen LogP contribution in [0.3, 0.4) is 0 Å². The minimum atomic E-state index is 0. The average molecular weight is 319 g/mol. The number of anilines is 1. The fraction of sp³-hybridized carbons (Fsp3) is 0.333. The molecule has 0 unspecified atom stereocenters. The lowest BCUT2D eigenvalue weighted by molar-refractivity contribution is 0.305. The van der Waals surface area contributed by atoms with Gasteiger partial charge in [-0.1, -0.05) is 24.3 Å². The Morgan fingerprint density at radius 3 is 2.45 bits per heavy atom. The average Bonchev–Trinajstić information content (AvgIpc) is 2.55. The van der Waals surface area contributed by atoms with Crippen molar-refractivity contribution in [3.63, 3.8) is 0 Å². The maximum Gasteiger partial charge on any atom is 0.119 e. The van der Waals surface area contributed by atoms with Gasteiger partial charge in [-0.2, -0.15) is 0 Å². The lowest BCUT2D eigenvalue weighted by Gasteiger charge is -2.30. The molecule has 0 aromatic heterocycles. The van der Waals surface area contributed by atoms with Crippen molar-refractivity contribution in [3.05, 3.63) is 59.7 Å². The summed E-state index contributed by atoms with van der Waals surface area (Å²) in [5.74, 6) is 0.920. The van der Waals surface area contributed by atoms with Crippen LogP contribution in [0, 0.1) is 6.92 Å². The van der Waals surface area contributed by atoms with E-state index in [1.54, 1.807) is 0 Å². The zero-order chi connectivity index (χ0) is 14.5. The Labute approximate surface area is 138 Å². The third-order valence-corrected chi connectivity index (χ3v) is 3.95. The molecule has 1 heterocycles. The van der Waals surface area contributed by atoms with Gasteiger partial charge in [0.05, 0.1) is 0 Å². The molecule has 1 fully saturated rings. The van der Waals surface area contributed by atoms with Gasteiger partial charge >= 0.3 is 0 Å². The van der Waals surface area contributed by atoms with Crippen LogP contribution in [-0.2, 0) is 6.61 Å². The van der Waals surface area contributed by atoms with Crippen molar-refractivity contribution in [1.82, 2.24) is 5.32 Å². The number of ether oxygens (including phenoxy) is 1. The monoisotopic (exact) mass is 318 g/mol. The van der Waals surface area contributed by atoms with E-state index in [0.717, 1.165) is 31.9 Å². The Balaban J connectivity index is 0.00000176. The first-order valence-corrected chi connectivity index (χ1v) is 7.56. The first kappa shape index (κ1) is 16.7. The molecular weight excluding hydrogens is 296 g/mol. The Bertz CT molecular complexity index is 583. The third kappa shape index (κ3) is 4.15. The van der Waals surface area contributed by atoms with Crippen LogP contribution >= 0.6 is 12.4 Å². The molecule has 0 bridgehead atoms. The second-order valence-electron chi connectivity index (χ2n) is 5.45. The highest BCUT2D eigenvalue weighted by Gasteiger charge is 2.11. The molecule has 0 saturated carbocycles. The van der Waals surface area contributed by atoms with Gasteiger partial charge in [0.15, 0.2) is 0 Å². The molecule has 0 spiro atoms. The lowest BCUT2D eigenvalue weighted by atomic mass is 10.1. The molecule has 1 N–H and O–H groups in total. The van der Waals surface area contributed by atoms with Crippen molar-refractivity contribution in [3.8, 4) is 5.75 Å². The lowest BCUT2D eigenvalue weighted by Crippen LogP contribution is -2.43. The molecule has 3 rings (SSSR count). The number of benzene rings is 2. The van der Waals surface area contributed by atoms with Crippen LogP contribution in [0.4, 0.5) is 5.69 Å². The molecule has 0 amide bonds. The fourth-order valence-corrected chi connectivity index (χ4v) is 2.64. The number of halogens is 1. The summed E-state index contributed by atoms with van der Waals surface area (Å²) in [5, 5.41) is 3.39. The summed E-state index contributed by atoms with van der Waals surface area (Å²) < 4.78 is 5.83. The number of hydrogen-bond acceptors (Lipinski definition) is 3. The number of rotatable bonds is 4. The number of para-hydroxylation sites is 1. The van der Waals surface area contributed by atoms with E-state index in [1.165, 1.54) is 16.8 Å². The van der Waals surface area contributed by atoms with E-state index in [0.29, 0.717) is 6.61 Å². The Morgan fingerprint density at radius 2 is 1.77 bits per heavy atom. The Kier molecular flexibility index (Phi) is 6.10. The number of nitrogens with one attached hydrogen (secondary N) is 1. The van der Waals surface area contributed by atoms with Crippen molar-refractivity contribution in [1.29, 1.82) is 0 Å². The highest BCUT2D eigenvalue weighted by Crippen LogP contribution is 2.21. The molecule has 22 heavy (non-hydrogen) atoms. The molecule has 4 heteroatoms. The quantitative estimate of drug-likeness (QED) is 0.935. The van der Waals surface area contributed by atoms with Gasteiger partial charge in [0, 0.05) is 31.9 Å². The van der Waals surface area contributed by atoms with Crippen LogP contribution < -0.4 is 15.0 Å². The molecule has 1 aliphatic rings. The molecule has 2 aromatic rings. The topological polar surface area (TPSA) is 24.5 Å². The smallest absolute Gasteiger partial charge is 0.119 e. The van der Waals surface area contributed by atoms with Crippen molar-refractivity contribution in [2.45, 2.75) is 13.5 Å². The summed E-state index contributed by atoms with van der Waals surface area (Å²) in [4.78, 5) is 2.44. The van der Waals surface area contributed by atoms with Gasteiger partial charge in [-0.05, 0) is 42.3 Å². The highest BCUT2D eigenvalue weighted by molar-refractivity contribution is 5.85. The van der Waals surface area contributed by atoms with Gasteiger partial charge in [0.25, 0.3) is 0 Å². The molecule has 3 nitrogen and oxygen atoms in total. The van der Waals surface area contributed by atoms with Crippen molar-refractivity contribution >= 4 is 18.1 Å². The molecule has 0 radical (unpaired) electrons. The van der Waals surface area contributed by atoms with Gasteiger partial charge in [-0.15, -0.1) is 12.4 Å². The molecule has 118 valence electrons. The largest absolute Gasteiger partial charge is 0.489 e. The fourth-order valence-electron chi connectivity index (χ4n) is 2.64. The first-order valence-electron chi connectivity index (χ1n) is 7.56. The zero-order valence-electron chi connectivity index (χ0n) is 12.9. The van der Waals surface area contributed by atoms with Crippen molar-refractivity contribution < 1.29 is 4.74 Å². The summed E-state index contributed by atoms with van der Waals surface area (Å²) in [6, 6.07) is 16.6. The van der Waals surface area contributed by atoms with Gasteiger partial charge in [0.2, 0.25) is 0 Å². The van der Waals surface area contributed by atoms with Gasteiger partial charge < -0.3 is 15.0 Å². The molecule has 1 aliphatic heterocycles.